The molecule has 0 bridgehead atoms. The summed E-state index contributed by atoms with van der Waals surface area (Å²) in [6, 6.07) is 4.33. The van der Waals surface area contributed by atoms with Crippen LogP contribution in [0.25, 0.3) is 11.0 Å². The van der Waals surface area contributed by atoms with E-state index in [0.717, 1.165) is 24.3 Å². The lowest BCUT2D eigenvalue weighted by molar-refractivity contribution is -0.111. The van der Waals surface area contributed by atoms with Gasteiger partial charge in [-0.3, -0.25) is 4.79 Å². The minimum absolute atomic E-state index is 0.171. The highest BCUT2D eigenvalue weighted by atomic mass is 31.0. The molecule has 0 aliphatic rings. The van der Waals surface area contributed by atoms with Gasteiger partial charge in [0.1, 0.15) is 11.3 Å². The van der Waals surface area contributed by atoms with Gasteiger partial charge in [-0.1, -0.05) is 15.3 Å². The van der Waals surface area contributed by atoms with Gasteiger partial charge in [0.05, 0.1) is 11.0 Å². The second-order valence-corrected chi connectivity index (χ2v) is 5.47. The SMILES string of the molecule is Cc1cc(C)c2nc(C)n(CCCC(=O)P)c2c1. The van der Waals surface area contributed by atoms with Gasteiger partial charge < -0.3 is 4.57 Å². The molecule has 96 valence electrons. The van der Waals surface area contributed by atoms with E-state index in [4.69, 9.17) is 0 Å². The van der Waals surface area contributed by atoms with Gasteiger partial charge in [-0.05, 0) is 44.4 Å². The fraction of sp³-hybridized carbons (Fsp3) is 0.429. The Labute approximate surface area is 110 Å². The molecule has 1 unspecified atom stereocenters. The maximum Gasteiger partial charge on any atom is 0.148 e. The van der Waals surface area contributed by atoms with Crippen molar-refractivity contribution in [1.29, 1.82) is 0 Å². The van der Waals surface area contributed by atoms with Gasteiger partial charge in [0.25, 0.3) is 0 Å². The van der Waals surface area contributed by atoms with Crippen LogP contribution < -0.4 is 0 Å². The van der Waals surface area contributed by atoms with Crippen molar-refractivity contribution in [2.24, 2.45) is 0 Å². The lowest BCUT2D eigenvalue weighted by atomic mass is 10.1. The molecule has 0 saturated heterocycles. The van der Waals surface area contributed by atoms with Gasteiger partial charge in [-0.15, -0.1) is 0 Å². The molecule has 0 fully saturated rings. The first kappa shape index (κ1) is 13.2. The largest absolute Gasteiger partial charge is 0.328 e. The van der Waals surface area contributed by atoms with Gasteiger partial charge in [-0.25, -0.2) is 4.98 Å². The number of aryl methyl sites for hydroxylation is 4. The number of fused-ring (bicyclic) bond motifs is 1. The van der Waals surface area contributed by atoms with E-state index < -0.39 is 0 Å². The summed E-state index contributed by atoms with van der Waals surface area (Å²) in [6.07, 6.45) is 1.47. The van der Waals surface area contributed by atoms with E-state index in [0.29, 0.717) is 6.42 Å². The summed E-state index contributed by atoms with van der Waals surface area (Å²) in [5.74, 6) is 1.02. The fourth-order valence-electron chi connectivity index (χ4n) is 2.38. The second-order valence-electron chi connectivity index (χ2n) is 4.83. The monoisotopic (exact) mass is 262 g/mol. The van der Waals surface area contributed by atoms with E-state index in [9.17, 15) is 4.79 Å². The van der Waals surface area contributed by atoms with Gasteiger partial charge >= 0.3 is 0 Å². The van der Waals surface area contributed by atoms with E-state index in [1.807, 2.05) is 6.92 Å². The molecule has 1 heterocycles. The van der Waals surface area contributed by atoms with Crippen molar-refractivity contribution in [3.8, 4) is 0 Å². The smallest absolute Gasteiger partial charge is 0.148 e. The number of rotatable bonds is 4. The second kappa shape index (κ2) is 5.19. The average molecular weight is 262 g/mol. The zero-order valence-corrected chi connectivity index (χ0v) is 12.3. The zero-order valence-electron chi connectivity index (χ0n) is 11.2. The molecule has 3 nitrogen and oxygen atoms in total. The Morgan fingerprint density at radius 3 is 2.72 bits per heavy atom. The molecular formula is C14H19N2OP. The van der Waals surface area contributed by atoms with Gasteiger partial charge in [-0.2, -0.15) is 0 Å². The van der Waals surface area contributed by atoms with E-state index in [1.54, 1.807) is 0 Å². The minimum Gasteiger partial charge on any atom is -0.328 e. The standard InChI is InChI=1S/C14H19N2OP/c1-9-7-10(2)14-12(8-9)16(11(3)15-14)6-4-5-13(17)18/h7-8H,4-6,18H2,1-3H3. The van der Waals surface area contributed by atoms with Crippen LogP contribution in [0.1, 0.15) is 29.8 Å². The molecule has 0 radical (unpaired) electrons. The summed E-state index contributed by atoms with van der Waals surface area (Å²) in [4.78, 5) is 15.6. The first-order chi connectivity index (χ1) is 8.49. The van der Waals surface area contributed by atoms with Crippen LogP contribution in [0.15, 0.2) is 12.1 Å². The summed E-state index contributed by atoms with van der Waals surface area (Å²) in [5, 5.41) is 0. The van der Waals surface area contributed by atoms with Crippen LogP contribution in [0.3, 0.4) is 0 Å². The third-order valence-electron chi connectivity index (χ3n) is 3.18. The summed E-state index contributed by atoms with van der Waals surface area (Å²) >= 11 is 0. The summed E-state index contributed by atoms with van der Waals surface area (Å²) in [7, 11) is 2.23. The lowest BCUT2D eigenvalue weighted by Crippen LogP contribution is -2.02. The number of imidazole rings is 1. The molecule has 0 amide bonds. The molecule has 1 atom stereocenters. The Bertz CT molecular complexity index is 601. The summed E-state index contributed by atoms with van der Waals surface area (Å²) < 4.78 is 2.21. The maximum atomic E-state index is 11.0. The Balaban J connectivity index is 2.37. The first-order valence-electron chi connectivity index (χ1n) is 6.21. The predicted octanol–water partition coefficient (Wildman–Crippen LogP) is 3.14. The predicted molar refractivity (Wildman–Crippen MR) is 77.9 cm³/mol. The summed E-state index contributed by atoms with van der Waals surface area (Å²) in [6.45, 7) is 7.08. The van der Waals surface area contributed by atoms with Crippen LogP contribution >= 0.6 is 9.24 Å². The van der Waals surface area contributed by atoms with Crippen molar-refractivity contribution in [3.63, 3.8) is 0 Å². The van der Waals surface area contributed by atoms with Crippen LogP contribution in [0, 0.1) is 20.8 Å². The Morgan fingerprint density at radius 2 is 2.06 bits per heavy atom. The molecule has 0 spiro atoms. The van der Waals surface area contributed by atoms with Crippen LogP contribution in [-0.2, 0) is 11.3 Å². The fourth-order valence-corrected chi connectivity index (χ4v) is 2.58. The first-order valence-corrected chi connectivity index (χ1v) is 6.79. The highest BCUT2D eigenvalue weighted by molar-refractivity contribution is 7.40. The quantitative estimate of drug-likeness (QED) is 0.793. The van der Waals surface area contributed by atoms with Crippen LogP contribution in [-0.4, -0.2) is 15.1 Å². The molecule has 0 N–H and O–H groups in total. The molecular weight excluding hydrogens is 243 g/mol. The van der Waals surface area contributed by atoms with Gasteiger partial charge in [0.2, 0.25) is 0 Å². The highest BCUT2D eigenvalue weighted by Crippen LogP contribution is 2.22. The molecule has 1 aromatic heterocycles. The number of hydrogen-bond donors (Lipinski definition) is 0. The third kappa shape index (κ3) is 2.62. The van der Waals surface area contributed by atoms with Gasteiger partial charge in [0, 0.05) is 13.0 Å². The molecule has 0 aliphatic carbocycles. The normalized spacial score (nSPS) is 11.1. The Kier molecular flexibility index (Phi) is 3.82. The molecule has 1 aromatic carbocycles. The number of carbonyl (C=O) groups excluding carboxylic acids is 1. The highest BCUT2D eigenvalue weighted by Gasteiger charge is 2.10. The average Bonchev–Trinajstić information content (AvgIpc) is 2.56. The van der Waals surface area contributed by atoms with Crippen LogP contribution in [0.4, 0.5) is 0 Å². The van der Waals surface area contributed by atoms with Crippen molar-refractivity contribution in [3.05, 3.63) is 29.1 Å². The van der Waals surface area contributed by atoms with Crippen molar-refractivity contribution in [2.75, 3.05) is 0 Å². The van der Waals surface area contributed by atoms with E-state index in [-0.39, 0.29) is 5.52 Å². The molecule has 0 aliphatic heterocycles. The minimum atomic E-state index is 0.171. The van der Waals surface area contributed by atoms with E-state index in [1.165, 1.54) is 16.6 Å². The lowest BCUT2D eigenvalue weighted by Gasteiger charge is -2.07. The number of benzene rings is 1. The Morgan fingerprint density at radius 1 is 1.33 bits per heavy atom. The molecule has 2 aromatic rings. The molecule has 4 heteroatoms. The Hall–Kier alpha value is -1.21. The molecule has 2 rings (SSSR count). The third-order valence-corrected chi connectivity index (χ3v) is 3.47. The summed E-state index contributed by atoms with van der Waals surface area (Å²) in [5.41, 5.74) is 4.90. The molecule has 0 saturated carbocycles. The van der Waals surface area contributed by atoms with Crippen molar-refractivity contribution in [2.45, 2.75) is 40.2 Å². The van der Waals surface area contributed by atoms with Gasteiger partial charge in [0.15, 0.2) is 0 Å². The van der Waals surface area contributed by atoms with E-state index >= 15 is 0 Å². The topological polar surface area (TPSA) is 34.9 Å². The van der Waals surface area contributed by atoms with Crippen molar-refractivity contribution >= 4 is 25.8 Å². The number of hydrogen-bond acceptors (Lipinski definition) is 2. The van der Waals surface area contributed by atoms with Crippen LogP contribution in [0.5, 0.6) is 0 Å². The number of carbonyl (C=O) groups is 1. The number of nitrogens with zero attached hydrogens (tertiary/aromatic N) is 2. The van der Waals surface area contributed by atoms with Crippen LogP contribution in [0.2, 0.25) is 0 Å². The maximum absolute atomic E-state index is 11.0. The van der Waals surface area contributed by atoms with Crippen molar-refractivity contribution < 1.29 is 4.79 Å². The number of aromatic nitrogens is 2. The molecule has 18 heavy (non-hydrogen) atoms. The van der Waals surface area contributed by atoms with E-state index in [2.05, 4.69) is 44.8 Å². The zero-order chi connectivity index (χ0) is 13.3. The van der Waals surface area contributed by atoms with Crippen molar-refractivity contribution in [1.82, 2.24) is 9.55 Å².